The Morgan fingerprint density at radius 3 is 2.59 bits per heavy atom. The van der Waals surface area contributed by atoms with Crippen LogP contribution in [0.15, 0.2) is 18.2 Å². The molecule has 4 nitrogen and oxygen atoms in total. The predicted molar refractivity (Wildman–Crippen MR) is 63.8 cm³/mol. The van der Waals surface area contributed by atoms with Crippen LogP contribution in [0.4, 0.5) is 0 Å². The van der Waals surface area contributed by atoms with E-state index in [1.54, 1.807) is 18.2 Å². The molecule has 0 aliphatic heterocycles. The largest absolute Gasteiger partial charge is 0.494 e. The van der Waals surface area contributed by atoms with Crippen molar-refractivity contribution >= 4 is 23.4 Å². The van der Waals surface area contributed by atoms with Crippen LogP contribution in [-0.2, 0) is 4.79 Å². The Kier molecular flexibility index (Phi) is 4.97. The van der Waals surface area contributed by atoms with Crippen LogP contribution in [0.25, 0.3) is 0 Å². The van der Waals surface area contributed by atoms with E-state index in [1.807, 2.05) is 6.92 Å². The molecular weight excluding hydrogens is 244 g/mol. The van der Waals surface area contributed by atoms with Crippen LogP contribution in [0.2, 0.25) is 5.02 Å². The van der Waals surface area contributed by atoms with Gasteiger partial charge in [-0.05, 0) is 25.1 Å². The summed E-state index contributed by atoms with van der Waals surface area (Å²) in [6.07, 6.45) is -0.245. The first-order valence-corrected chi connectivity index (χ1v) is 5.59. The van der Waals surface area contributed by atoms with Gasteiger partial charge in [-0.2, -0.15) is 0 Å². The molecule has 0 unspecified atom stereocenters. The molecule has 92 valence electrons. The molecule has 1 N–H and O–H groups in total. The minimum atomic E-state index is -1.000. The molecule has 0 aliphatic rings. The van der Waals surface area contributed by atoms with Crippen LogP contribution in [0.3, 0.4) is 0 Å². The number of ether oxygens (including phenoxy) is 1. The number of carbonyl (C=O) groups excluding carboxylic acids is 1. The number of rotatable bonds is 6. The molecule has 0 atom stereocenters. The Balaban J connectivity index is 2.77. The van der Waals surface area contributed by atoms with Crippen LogP contribution in [0.5, 0.6) is 5.75 Å². The third-order valence-electron chi connectivity index (χ3n) is 2.12. The highest BCUT2D eigenvalue weighted by molar-refractivity contribution is 6.34. The zero-order chi connectivity index (χ0) is 12.8. The average Bonchev–Trinajstić information content (AvgIpc) is 2.26. The maximum atomic E-state index is 11.7. The molecule has 1 aromatic rings. The van der Waals surface area contributed by atoms with Gasteiger partial charge in [-0.1, -0.05) is 11.6 Å². The van der Waals surface area contributed by atoms with Crippen molar-refractivity contribution < 1.29 is 19.4 Å². The second-order valence-electron chi connectivity index (χ2n) is 3.39. The number of carboxylic acids is 1. The molecule has 0 bridgehead atoms. The lowest BCUT2D eigenvalue weighted by atomic mass is 10.1. The highest BCUT2D eigenvalue weighted by Crippen LogP contribution is 2.24. The van der Waals surface area contributed by atoms with Crippen LogP contribution < -0.4 is 4.74 Å². The SMILES string of the molecule is CCOc1ccc(C(=O)CCC(=O)O)c(Cl)c1. The molecule has 0 aromatic heterocycles. The standard InChI is InChI=1S/C12H13ClO4/c1-2-17-8-3-4-9(10(13)7-8)11(14)5-6-12(15)16/h3-4,7H,2,5-6H2,1H3,(H,15,16). The summed E-state index contributed by atoms with van der Waals surface area (Å²) in [6, 6.07) is 4.75. The summed E-state index contributed by atoms with van der Waals surface area (Å²) in [5.74, 6) is -0.687. The van der Waals surface area contributed by atoms with Gasteiger partial charge in [-0.15, -0.1) is 0 Å². The van der Waals surface area contributed by atoms with Crippen molar-refractivity contribution in [1.82, 2.24) is 0 Å². The summed E-state index contributed by atoms with van der Waals surface area (Å²) < 4.78 is 5.23. The molecule has 0 spiro atoms. The summed E-state index contributed by atoms with van der Waals surface area (Å²) >= 11 is 5.93. The number of hydrogen-bond acceptors (Lipinski definition) is 3. The van der Waals surface area contributed by atoms with E-state index in [0.29, 0.717) is 17.9 Å². The maximum absolute atomic E-state index is 11.7. The Bertz CT molecular complexity index is 429. The van der Waals surface area contributed by atoms with Crippen molar-refractivity contribution in [3.63, 3.8) is 0 Å². The topological polar surface area (TPSA) is 63.6 Å². The van der Waals surface area contributed by atoms with Crippen molar-refractivity contribution in [3.05, 3.63) is 28.8 Å². The van der Waals surface area contributed by atoms with Gasteiger partial charge in [0.2, 0.25) is 0 Å². The van der Waals surface area contributed by atoms with Gasteiger partial charge in [-0.25, -0.2) is 0 Å². The lowest BCUT2D eigenvalue weighted by molar-refractivity contribution is -0.136. The van der Waals surface area contributed by atoms with Crippen LogP contribution >= 0.6 is 11.6 Å². The lowest BCUT2D eigenvalue weighted by Crippen LogP contribution is -2.04. The smallest absolute Gasteiger partial charge is 0.303 e. The Labute approximate surface area is 104 Å². The minimum Gasteiger partial charge on any atom is -0.494 e. The van der Waals surface area contributed by atoms with Crippen molar-refractivity contribution in [2.45, 2.75) is 19.8 Å². The third-order valence-corrected chi connectivity index (χ3v) is 2.43. The Hall–Kier alpha value is -1.55. The normalized spacial score (nSPS) is 10.0. The zero-order valence-corrected chi connectivity index (χ0v) is 10.2. The number of aliphatic carboxylic acids is 1. The molecule has 0 amide bonds. The molecule has 0 heterocycles. The predicted octanol–water partition coefficient (Wildman–Crippen LogP) is 2.79. The monoisotopic (exact) mass is 256 g/mol. The van der Waals surface area contributed by atoms with Crippen molar-refractivity contribution in [2.75, 3.05) is 6.61 Å². The van der Waals surface area contributed by atoms with Gasteiger partial charge < -0.3 is 9.84 Å². The maximum Gasteiger partial charge on any atom is 0.303 e. The minimum absolute atomic E-state index is 0.0525. The number of carbonyl (C=O) groups is 2. The summed E-state index contributed by atoms with van der Waals surface area (Å²) in [5.41, 5.74) is 0.330. The summed E-state index contributed by atoms with van der Waals surface area (Å²) in [5, 5.41) is 8.77. The van der Waals surface area contributed by atoms with Gasteiger partial charge in [0.1, 0.15) is 5.75 Å². The van der Waals surface area contributed by atoms with Crippen molar-refractivity contribution in [3.8, 4) is 5.75 Å². The molecule has 0 radical (unpaired) electrons. The van der Waals surface area contributed by atoms with Gasteiger partial charge in [0.15, 0.2) is 5.78 Å². The van der Waals surface area contributed by atoms with Gasteiger partial charge >= 0.3 is 5.97 Å². The van der Waals surface area contributed by atoms with Crippen LogP contribution in [0, 0.1) is 0 Å². The van der Waals surface area contributed by atoms with Gasteiger partial charge in [0, 0.05) is 12.0 Å². The fourth-order valence-electron chi connectivity index (χ4n) is 1.33. The van der Waals surface area contributed by atoms with E-state index in [2.05, 4.69) is 0 Å². The van der Waals surface area contributed by atoms with Crippen LogP contribution in [-0.4, -0.2) is 23.5 Å². The number of benzene rings is 1. The first-order chi connectivity index (χ1) is 8.04. The lowest BCUT2D eigenvalue weighted by Gasteiger charge is -2.06. The van der Waals surface area contributed by atoms with E-state index in [-0.39, 0.29) is 23.6 Å². The molecule has 0 aliphatic carbocycles. The first-order valence-electron chi connectivity index (χ1n) is 5.22. The molecule has 0 saturated heterocycles. The van der Waals surface area contributed by atoms with E-state index in [4.69, 9.17) is 21.4 Å². The third kappa shape index (κ3) is 4.07. The van der Waals surface area contributed by atoms with Crippen molar-refractivity contribution in [2.24, 2.45) is 0 Å². The van der Waals surface area contributed by atoms with Crippen LogP contribution in [0.1, 0.15) is 30.1 Å². The number of Topliss-reactive ketones (excluding diaryl/α,β-unsaturated/α-hetero) is 1. The number of hydrogen-bond donors (Lipinski definition) is 1. The van der Waals surface area contributed by atoms with E-state index >= 15 is 0 Å². The molecule has 0 saturated carbocycles. The molecule has 1 aromatic carbocycles. The van der Waals surface area contributed by atoms with E-state index in [9.17, 15) is 9.59 Å². The van der Waals surface area contributed by atoms with E-state index < -0.39 is 5.97 Å². The second-order valence-corrected chi connectivity index (χ2v) is 3.80. The molecule has 5 heteroatoms. The molecular formula is C12H13ClO4. The number of ketones is 1. The molecule has 17 heavy (non-hydrogen) atoms. The van der Waals surface area contributed by atoms with Gasteiger partial charge in [0.05, 0.1) is 18.1 Å². The van der Waals surface area contributed by atoms with Gasteiger partial charge in [0.25, 0.3) is 0 Å². The highest BCUT2D eigenvalue weighted by Gasteiger charge is 2.12. The Morgan fingerprint density at radius 1 is 1.35 bits per heavy atom. The number of carboxylic acid groups (broad SMARTS) is 1. The van der Waals surface area contributed by atoms with Crippen molar-refractivity contribution in [1.29, 1.82) is 0 Å². The summed E-state index contributed by atoms with van der Waals surface area (Å²) in [4.78, 5) is 22.0. The fourth-order valence-corrected chi connectivity index (χ4v) is 1.61. The van der Waals surface area contributed by atoms with E-state index in [0.717, 1.165) is 0 Å². The fraction of sp³-hybridized carbons (Fsp3) is 0.333. The summed E-state index contributed by atoms with van der Waals surface area (Å²) in [7, 11) is 0. The highest BCUT2D eigenvalue weighted by atomic mass is 35.5. The molecule has 0 fully saturated rings. The van der Waals surface area contributed by atoms with E-state index in [1.165, 1.54) is 0 Å². The Morgan fingerprint density at radius 2 is 2.06 bits per heavy atom. The zero-order valence-electron chi connectivity index (χ0n) is 9.40. The summed E-state index contributed by atoms with van der Waals surface area (Å²) in [6.45, 7) is 2.36. The second kappa shape index (κ2) is 6.25. The van der Waals surface area contributed by atoms with Gasteiger partial charge in [-0.3, -0.25) is 9.59 Å². The quantitative estimate of drug-likeness (QED) is 0.795. The average molecular weight is 257 g/mol. The molecule has 1 rings (SSSR count). The first kappa shape index (κ1) is 13.5. The number of halogens is 1.